The average molecular weight is 312 g/mol. The molecule has 1 aromatic carbocycles. The summed E-state index contributed by atoms with van der Waals surface area (Å²) in [6.07, 6.45) is -1.93. The molecule has 1 aliphatic carbocycles. The van der Waals surface area contributed by atoms with Crippen LogP contribution in [-0.4, -0.2) is 16.1 Å². The van der Waals surface area contributed by atoms with Crippen LogP contribution in [0.3, 0.4) is 0 Å². The van der Waals surface area contributed by atoms with E-state index in [9.17, 15) is 19.0 Å². The van der Waals surface area contributed by atoms with E-state index < -0.39 is 15.6 Å². The van der Waals surface area contributed by atoms with E-state index >= 15 is 0 Å². The molecule has 0 fully saturated rings. The van der Waals surface area contributed by atoms with E-state index in [4.69, 9.17) is 0 Å². The first-order valence-corrected chi connectivity index (χ1v) is 5.03. The molecule has 76 valence electrons. The number of halogens is 3. The number of hydrogen-bond acceptors (Lipinski definition) is 2. The predicted molar refractivity (Wildman–Crippen MR) is 54.3 cm³/mol. The van der Waals surface area contributed by atoms with Crippen LogP contribution in [0.4, 0.5) is 8.78 Å². The Labute approximate surface area is 92.7 Å². The summed E-state index contributed by atoms with van der Waals surface area (Å²) in [5.41, 5.74) is 0.174. The lowest BCUT2D eigenvalue weighted by Gasteiger charge is -2.25. The Morgan fingerprint density at radius 2 is 1.86 bits per heavy atom. The molecule has 1 aromatic rings. The molecule has 0 unspecified atom stereocenters. The lowest BCUT2D eigenvalue weighted by molar-refractivity contribution is -0.174. The van der Waals surface area contributed by atoms with E-state index in [0.717, 1.165) is 0 Å². The van der Waals surface area contributed by atoms with Crippen LogP contribution in [0.15, 0.2) is 24.3 Å². The van der Waals surface area contributed by atoms with Crippen molar-refractivity contribution in [3.05, 3.63) is 35.4 Å². The van der Waals surface area contributed by atoms with Gasteiger partial charge in [-0.3, -0.25) is 0 Å². The van der Waals surface area contributed by atoms with Crippen molar-refractivity contribution in [3.8, 4) is 0 Å². The highest BCUT2D eigenvalue weighted by atomic mass is 127. The topological polar surface area (TPSA) is 40.5 Å². The van der Waals surface area contributed by atoms with Crippen LogP contribution >= 0.6 is 22.6 Å². The minimum absolute atomic E-state index is 0.0816. The fourth-order valence-electron chi connectivity index (χ4n) is 1.59. The Morgan fingerprint density at radius 1 is 1.29 bits per heavy atom. The van der Waals surface area contributed by atoms with Crippen LogP contribution in [0.5, 0.6) is 0 Å². The average Bonchev–Trinajstić information content (AvgIpc) is 2.27. The van der Waals surface area contributed by atoms with Crippen molar-refractivity contribution in [2.75, 3.05) is 0 Å². The molecule has 0 heterocycles. The van der Waals surface area contributed by atoms with Gasteiger partial charge in [0.1, 0.15) is 6.10 Å². The number of rotatable bonds is 0. The molecular weight excluding hydrogens is 305 g/mol. The SMILES string of the molecule is O[C@@H]1c2ccccc2[C@](O)(I)C1(F)F. The molecule has 0 bridgehead atoms. The van der Waals surface area contributed by atoms with E-state index in [0.29, 0.717) is 0 Å². The molecule has 1 aliphatic rings. The summed E-state index contributed by atoms with van der Waals surface area (Å²) < 4.78 is 24.5. The highest BCUT2D eigenvalue weighted by Crippen LogP contribution is 2.57. The maximum Gasteiger partial charge on any atom is 0.318 e. The number of aliphatic hydroxyl groups excluding tert-OH is 1. The van der Waals surface area contributed by atoms with Crippen molar-refractivity contribution in [1.29, 1.82) is 0 Å². The first-order chi connectivity index (χ1) is 6.39. The van der Waals surface area contributed by atoms with Crippen molar-refractivity contribution in [2.24, 2.45) is 0 Å². The summed E-state index contributed by atoms with van der Waals surface area (Å²) in [5.74, 6) is -3.54. The van der Waals surface area contributed by atoms with E-state index in [1.54, 1.807) is 12.1 Å². The van der Waals surface area contributed by atoms with Crippen molar-refractivity contribution >= 4 is 22.6 Å². The summed E-state index contributed by atoms with van der Waals surface area (Å²) in [6.45, 7) is 0. The van der Waals surface area contributed by atoms with E-state index in [1.165, 1.54) is 34.7 Å². The molecule has 14 heavy (non-hydrogen) atoms. The van der Waals surface area contributed by atoms with Crippen LogP contribution in [0.1, 0.15) is 17.2 Å². The molecule has 2 N–H and O–H groups in total. The Morgan fingerprint density at radius 3 is 2.43 bits per heavy atom. The highest BCUT2D eigenvalue weighted by molar-refractivity contribution is 14.1. The van der Waals surface area contributed by atoms with Crippen LogP contribution in [0.25, 0.3) is 0 Å². The van der Waals surface area contributed by atoms with Crippen molar-refractivity contribution in [3.63, 3.8) is 0 Å². The number of alkyl halides is 3. The van der Waals surface area contributed by atoms with Gasteiger partial charge in [0.15, 0.2) is 0 Å². The van der Waals surface area contributed by atoms with Gasteiger partial charge in [0.05, 0.1) is 0 Å². The number of hydrogen-bond donors (Lipinski definition) is 2. The zero-order valence-corrected chi connectivity index (χ0v) is 9.07. The third-order valence-corrected chi connectivity index (χ3v) is 3.70. The van der Waals surface area contributed by atoms with Gasteiger partial charge in [0.25, 0.3) is 0 Å². The van der Waals surface area contributed by atoms with E-state index in [1.807, 2.05) is 0 Å². The number of aliphatic hydroxyl groups is 2. The predicted octanol–water partition coefficient (Wildman–Crippen LogP) is 1.95. The fourth-order valence-corrected chi connectivity index (χ4v) is 2.38. The van der Waals surface area contributed by atoms with Crippen LogP contribution < -0.4 is 0 Å². The Bertz CT molecular complexity index is 379. The van der Waals surface area contributed by atoms with Gasteiger partial charge in [-0.2, -0.15) is 8.78 Å². The smallest absolute Gasteiger partial charge is 0.318 e. The Hall–Kier alpha value is -0.270. The third-order valence-electron chi connectivity index (χ3n) is 2.40. The number of benzene rings is 1. The monoisotopic (exact) mass is 312 g/mol. The molecule has 2 rings (SSSR count). The molecule has 2 nitrogen and oxygen atoms in total. The van der Waals surface area contributed by atoms with Gasteiger partial charge in [-0.15, -0.1) is 0 Å². The maximum atomic E-state index is 13.4. The van der Waals surface area contributed by atoms with Gasteiger partial charge < -0.3 is 10.2 Å². The zero-order valence-electron chi connectivity index (χ0n) is 6.92. The van der Waals surface area contributed by atoms with Gasteiger partial charge in [0, 0.05) is 5.56 Å². The van der Waals surface area contributed by atoms with Gasteiger partial charge in [-0.05, 0) is 28.2 Å². The quantitative estimate of drug-likeness (QED) is 0.568. The zero-order chi connectivity index (χ0) is 10.6. The standard InChI is InChI=1S/C9H7F2IO2/c10-8(11)7(13)5-3-1-2-4-6(5)9(8,12)14/h1-4,7,13-14H/t7-,9-/m1/s1. The molecule has 0 radical (unpaired) electrons. The lowest BCUT2D eigenvalue weighted by atomic mass is 10.1. The fraction of sp³-hybridized carbons (Fsp3) is 0.333. The molecule has 0 aliphatic heterocycles. The van der Waals surface area contributed by atoms with Crippen molar-refractivity contribution in [1.82, 2.24) is 0 Å². The van der Waals surface area contributed by atoms with Crippen molar-refractivity contribution in [2.45, 2.75) is 15.6 Å². The summed E-state index contributed by atoms with van der Waals surface area (Å²) in [5, 5.41) is 19.0. The van der Waals surface area contributed by atoms with E-state index in [2.05, 4.69) is 0 Å². The van der Waals surface area contributed by atoms with Gasteiger partial charge in [-0.25, -0.2) is 0 Å². The van der Waals surface area contributed by atoms with Crippen LogP contribution in [-0.2, 0) is 3.61 Å². The molecule has 0 spiro atoms. The Balaban J connectivity index is 2.68. The first-order valence-electron chi connectivity index (χ1n) is 3.95. The van der Waals surface area contributed by atoms with Gasteiger partial charge in [-0.1, -0.05) is 24.3 Å². The van der Waals surface area contributed by atoms with Crippen LogP contribution in [0.2, 0.25) is 0 Å². The Kier molecular flexibility index (Phi) is 2.10. The maximum absolute atomic E-state index is 13.4. The second-order valence-electron chi connectivity index (χ2n) is 3.23. The van der Waals surface area contributed by atoms with Crippen molar-refractivity contribution < 1.29 is 19.0 Å². The minimum atomic E-state index is -3.54. The minimum Gasteiger partial charge on any atom is -0.382 e. The molecule has 0 saturated heterocycles. The summed E-state index contributed by atoms with van der Waals surface area (Å²) in [7, 11) is 0. The summed E-state index contributed by atoms with van der Waals surface area (Å²) >= 11 is 1.26. The second kappa shape index (κ2) is 2.86. The third kappa shape index (κ3) is 1.06. The molecule has 5 heteroatoms. The van der Waals surface area contributed by atoms with Crippen LogP contribution in [0, 0.1) is 0 Å². The normalized spacial score (nSPS) is 34.2. The largest absolute Gasteiger partial charge is 0.382 e. The highest BCUT2D eigenvalue weighted by Gasteiger charge is 2.64. The molecule has 0 aromatic heterocycles. The van der Waals surface area contributed by atoms with Gasteiger partial charge in [0.2, 0.25) is 3.61 Å². The molecule has 0 saturated carbocycles. The second-order valence-corrected chi connectivity index (χ2v) is 4.80. The molecule has 0 amide bonds. The van der Waals surface area contributed by atoms with E-state index in [-0.39, 0.29) is 11.1 Å². The lowest BCUT2D eigenvalue weighted by Crippen LogP contribution is -2.38. The van der Waals surface area contributed by atoms with Gasteiger partial charge >= 0.3 is 5.92 Å². The number of fused-ring (bicyclic) bond motifs is 1. The molecule has 2 atom stereocenters. The summed E-state index contributed by atoms with van der Waals surface area (Å²) in [4.78, 5) is 0. The molecular formula is C9H7F2IO2. The summed E-state index contributed by atoms with van der Waals surface area (Å²) in [6, 6.07) is 5.89. The first kappa shape index (κ1) is 10.3.